The SMILES string of the molecule is O=C(CCC1CCNC1)Nc1ccc(SC2CCCC2)cc1. The number of hydrogen-bond donors (Lipinski definition) is 2. The van der Waals surface area contributed by atoms with Gasteiger partial charge in [0.2, 0.25) is 5.91 Å². The first kappa shape index (κ1) is 15.9. The van der Waals surface area contributed by atoms with Crippen LogP contribution in [0.15, 0.2) is 29.2 Å². The Kier molecular flexibility index (Phi) is 5.79. The lowest BCUT2D eigenvalue weighted by Crippen LogP contribution is -2.14. The molecule has 1 aliphatic carbocycles. The lowest BCUT2D eigenvalue weighted by molar-refractivity contribution is -0.116. The molecule has 1 saturated heterocycles. The van der Waals surface area contributed by atoms with Crippen LogP contribution in [0.1, 0.15) is 44.9 Å². The van der Waals surface area contributed by atoms with Crippen molar-refractivity contribution in [1.29, 1.82) is 0 Å². The first-order chi connectivity index (χ1) is 10.8. The Bertz CT molecular complexity index is 476. The van der Waals surface area contributed by atoms with Crippen LogP contribution < -0.4 is 10.6 Å². The summed E-state index contributed by atoms with van der Waals surface area (Å²) in [6.45, 7) is 2.17. The highest BCUT2D eigenvalue weighted by Gasteiger charge is 2.17. The Morgan fingerprint density at radius 2 is 1.95 bits per heavy atom. The molecule has 0 bridgehead atoms. The van der Waals surface area contributed by atoms with E-state index < -0.39 is 0 Å². The van der Waals surface area contributed by atoms with Crippen LogP contribution in [0.4, 0.5) is 5.69 Å². The third-order valence-corrected chi connectivity index (χ3v) is 6.03. The molecule has 4 heteroatoms. The number of carbonyl (C=O) groups is 1. The van der Waals surface area contributed by atoms with E-state index in [9.17, 15) is 4.79 Å². The predicted molar refractivity (Wildman–Crippen MR) is 93.4 cm³/mol. The number of thioether (sulfide) groups is 1. The third-order valence-electron chi connectivity index (χ3n) is 4.69. The van der Waals surface area contributed by atoms with Crippen LogP contribution in [0.2, 0.25) is 0 Å². The molecule has 1 aromatic carbocycles. The fourth-order valence-corrected chi connectivity index (χ4v) is 4.58. The number of anilines is 1. The van der Waals surface area contributed by atoms with Crippen LogP contribution in [0.5, 0.6) is 0 Å². The average molecular weight is 318 g/mol. The maximum atomic E-state index is 12.0. The van der Waals surface area contributed by atoms with Crippen molar-refractivity contribution in [3.63, 3.8) is 0 Å². The first-order valence-corrected chi connectivity index (χ1v) is 9.45. The van der Waals surface area contributed by atoms with Crippen molar-refractivity contribution in [3.8, 4) is 0 Å². The third kappa shape index (κ3) is 4.75. The molecule has 120 valence electrons. The van der Waals surface area contributed by atoms with Gasteiger partial charge >= 0.3 is 0 Å². The zero-order chi connectivity index (χ0) is 15.2. The quantitative estimate of drug-likeness (QED) is 0.831. The van der Waals surface area contributed by atoms with Crippen molar-refractivity contribution in [3.05, 3.63) is 24.3 Å². The summed E-state index contributed by atoms with van der Waals surface area (Å²) in [4.78, 5) is 13.3. The van der Waals surface area contributed by atoms with Gasteiger partial charge in [-0.05, 0) is 69.0 Å². The molecule has 0 aromatic heterocycles. The van der Waals surface area contributed by atoms with Crippen LogP contribution in [-0.2, 0) is 4.79 Å². The van der Waals surface area contributed by atoms with E-state index in [0.717, 1.165) is 30.4 Å². The van der Waals surface area contributed by atoms with Crippen molar-refractivity contribution >= 4 is 23.4 Å². The molecule has 3 nitrogen and oxygen atoms in total. The number of benzene rings is 1. The van der Waals surface area contributed by atoms with E-state index in [1.165, 1.54) is 37.0 Å². The molecule has 0 spiro atoms. The van der Waals surface area contributed by atoms with Crippen LogP contribution in [0.3, 0.4) is 0 Å². The zero-order valence-corrected chi connectivity index (χ0v) is 14.0. The number of amides is 1. The molecule has 2 N–H and O–H groups in total. The Hall–Kier alpha value is -1.00. The molecule has 3 rings (SSSR count). The van der Waals surface area contributed by atoms with Crippen LogP contribution >= 0.6 is 11.8 Å². The Balaban J connectivity index is 1.42. The molecule has 1 atom stereocenters. The minimum atomic E-state index is 0.142. The standard InChI is InChI=1S/C18H26N2OS/c21-18(10-5-14-11-12-19-13-14)20-15-6-8-17(9-7-15)22-16-3-1-2-4-16/h6-9,14,16,19H,1-5,10-13H2,(H,20,21). The lowest BCUT2D eigenvalue weighted by atomic mass is 10.0. The normalized spacial score (nSPS) is 22.1. The molecule has 2 fully saturated rings. The van der Waals surface area contributed by atoms with E-state index in [1.807, 2.05) is 23.9 Å². The van der Waals surface area contributed by atoms with Gasteiger partial charge in [0.05, 0.1) is 0 Å². The van der Waals surface area contributed by atoms with Gasteiger partial charge in [0.15, 0.2) is 0 Å². The number of carbonyl (C=O) groups excluding carboxylic acids is 1. The van der Waals surface area contributed by atoms with Gasteiger partial charge in [-0.15, -0.1) is 11.8 Å². The second kappa shape index (κ2) is 8.02. The summed E-state index contributed by atoms with van der Waals surface area (Å²) in [6.07, 6.45) is 8.28. The van der Waals surface area contributed by atoms with Gasteiger partial charge in [0.25, 0.3) is 0 Å². The lowest BCUT2D eigenvalue weighted by Gasteiger charge is -2.11. The van der Waals surface area contributed by atoms with Gasteiger partial charge in [-0.1, -0.05) is 12.8 Å². The van der Waals surface area contributed by atoms with E-state index in [4.69, 9.17) is 0 Å². The molecule has 0 radical (unpaired) electrons. The summed E-state index contributed by atoms with van der Waals surface area (Å²) in [5.41, 5.74) is 0.922. The minimum absolute atomic E-state index is 0.142. The Morgan fingerprint density at radius 3 is 2.64 bits per heavy atom. The summed E-state index contributed by atoms with van der Waals surface area (Å²) >= 11 is 1.99. The van der Waals surface area contributed by atoms with Gasteiger partial charge in [-0.3, -0.25) is 4.79 Å². The largest absolute Gasteiger partial charge is 0.326 e. The van der Waals surface area contributed by atoms with Crippen molar-refractivity contribution in [2.45, 2.75) is 55.1 Å². The van der Waals surface area contributed by atoms with Gasteiger partial charge in [0.1, 0.15) is 0 Å². The summed E-state index contributed by atoms with van der Waals surface area (Å²) in [7, 11) is 0. The number of rotatable bonds is 6. The van der Waals surface area contributed by atoms with E-state index in [1.54, 1.807) is 0 Å². The summed E-state index contributed by atoms with van der Waals surface area (Å²) in [5.74, 6) is 0.819. The highest BCUT2D eigenvalue weighted by molar-refractivity contribution is 8.00. The van der Waals surface area contributed by atoms with Crippen LogP contribution in [-0.4, -0.2) is 24.2 Å². The molecule has 1 amide bonds. The van der Waals surface area contributed by atoms with Crippen LogP contribution in [0, 0.1) is 5.92 Å². The fraction of sp³-hybridized carbons (Fsp3) is 0.611. The van der Waals surface area contributed by atoms with Crippen molar-refractivity contribution in [2.24, 2.45) is 5.92 Å². The summed E-state index contributed by atoms with van der Waals surface area (Å²) in [6, 6.07) is 8.34. The molecule has 1 aromatic rings. The second-order valence-electron chi connectivity index (χ2n) is 6.49. The maximum absolute atomic E-state index is 12.0. The van der Waals surface area contributed by atoms with Gasteiger partial charge in [-0.25, -0.2) is 0 Å². The molecule has 2 aliphatic rings. The van der Waals surface area contributed by atoms with Gasteiger partial charge < -0.3 is 10.6 Å². The molecule has 22 heavy (non-hydrogen) atoms. The smallest absolute Gasteiger partial charge is 0.224 e. The Labute approximate surface area is 137 Å². The predicted octanol–water partition coefficient (Wildman–Crippen LogP) is 4.05. The second-order valence-corrected chi connectivity index (χ2v) is 7.87. The molecular formula is C18H26N2OS. The van der Waals surface area contributed by atoms with E-state index in [2.05, 4.69) is 22.8 Å². The highest BCUT2D eigenvalue weighted by atomic mass is 32.2. The summed E-state index contributed by atoms with van der Waals surface area (Å²) in [5, 5.41) is 7.16. The topological polar surface area (TPSA) is 41.1 Å². The minimum Gasteiger partial charge on any atom is -0.326 e. The Morgan fingerprint density at radius 1 is 1.18 bits per heavy atom. The highest BCUT2D eigenvalue weighted by Crippen LogP contribution is 2.34. The zero-order valence-electron chi connectivity index (χ0n) is 13.1. The molecule has 1 saturated carbocycles. The summed E-state index contributed by atoms with van der Waals surface area (Å²) < 4.78 is 0. The molecular weight excluding hydrogens is 292 g/mol. The van der Waals surface area contributed by atoms with Gasteiger partial charge in [-0.2, -0.15) is 0 Å². The first-order valence-electron chi connectivity index (χ1n) is 8.57. The number of hydrogen-bond acceptors (Lipinski definition) is 3. The van der Waals surface area contributed by atoms with Crippen LogP contribution in [0.25, 0.3) is 0 Å². The molecule has 1 heterocycles. The maximum Gasteiger partial charge on any atom is 0.224 e. The fourth-order valence-electron chi connectivity index (χ4n) is 3.34. The molecule has 1 aliphatic heterocycles. The number of nitrogens with one attached hydrogen (secondary N) is 2. The van der Waals surface area contributed by atoms with Crippen molar-refractivity contribution < 1.29 is 4.79 Å². The average Bonchev–Trinajstić information content (AvgIpc) is 3.20. The van der Waals surface area contributed by atoms with E-state index >= 15 is 0 Å². The monoisotopic (exact) mass is 318 g/mol. The van der Waals surface area contributed by atoms with E-state index in [0.29, 0.717) is 12.3 Å². The van der Waals surface area contributed by atoms with Gasteiger partial charge in [0, 0.05) is 22.3 Å². The van der Waals surface area contributed by atoms with E-state index in [-0.39, 0.29) is 5.91 Å². The van der Waals surface area contributed by atoms with Crippen molar-refractivity contribution in [2.75, 3.05) is 18.4 Å². The molecule has 1 unspecified atom stereocenters. The van der Waals surface area contributed by atoms with Crippen molar-refractivity contribution in [1.82, 2.24) is 5.32 Å².